The number of allylic oxidation sites excluding steroid dienone is 1. The molecule has 7 nitrogen and oxygen atoms in total. The molecule has 0 aromatic heterocycles. The minimum atomic E-state index is -0.662. The molecule has 2 heterocycles. The second kappa shape index (κ2) is 9.18. The lowest BCUT2D eigenvalue weighted by Crippen LogP contribution is -2.52. The quantitative estimate of drug-likeness (QED) is 0.684. The van der Waals surface area contributed by atoms with E-state index in [9.17, 15) is 14.4 Å². The van der Waals surface area contributed by atoms with Crippen LogP contribution in [0.15, 0.2) is 33.7 Å². The van der Waals surface area contributed by atoms with Gasteiger partial charge in [0, 0.05) is 10.6 Å². The summed E-state index contributed by atoms with van der Waals surface area (Å²) in [4.78, 5) is 44.4. The van der Waals surface area contributed by atoms with Crippen molar-refractivity contribution >= 4 is 47.3 Å². The Bertz CT molecular complexity index is 1040. The zero-order chi connectivity index (χ0) is 22.9. The van der Waals surface area contributed by atoms with Gasteiger partial charge in [-0.05, 0) is 49.0 Å². The molecule has 1 aromatic carbocycles. The fraction of sp³-hybridized carbons (Fsp3) is 0.435. The third-order valence-electron chi connectivity index (χ3n) is 5.55. The number of nitrogens with zero attached hydrogens (tertiary/aromatic N) is 3. The Balaban J connectivity index is 1.88. The molecule has 2 aliphatic rings. The second-order valence-corrected chi connectivity index (χ2v) is 9.38. The minimum Gasteiger partial charge on any atom is -0.325 e. The third kappa shape index (κ3) is 4.63. The summed E-state index contributed by atoms with van der Waals surface area (Å²) < 4.78 is 1.41. The molecule has 3 rings (SSSR count). The van der Waals surface area contributed by atoms with E-state index in [-0.39, 0.29) is 17.6 Å². The van der Waals surface area contributed by atoms with Gasteiger partial charge in [0.15, 0.2) is 5.92 Å². The van der Waals surface area contributed by atoms with E-state index in [1.807, 2.05) is 32.0 Å². The Morgan fingerprint density at radius 3 is 2.68 bits per heavy atom. The molecule has 1 unspecified atom stereocenters. The van der Waals surface area contributed by atoms with E-state index < -0.39 is 11.9 Å². The molecule has 31 heavy (non-hydrogen) atoms. The summed E-state index contributed by atoms with van der Waals surface area (Å²) in [5.41, 5.74) is 3.87. The summed E-state index contributed by atoms with van der Waals surface area (Å²) in [5.74, 6) is -0.175. The van der Waals surface area contributed by atoms with E-state index >= 15 is 0 Å². The van der Waals surface area contributed by atoms with Crippen molar-refractivity contribution in [2.75, 3.05) is 25.2 Å². The summed E-state index contributed by atoms with van der Waals surface area (Å²) in [5, 5.41) is 2.97. The van der Waals surface area contributed by atoms with Gasteiger partial charge < -0.3 is 5.32 Å². The smallest absolute Gasteiger partial charge is 0.325 e. The zero-order valence-electron chi connectivity index (χ0n) is 18.9. The van der Waals surface area contributed by atoms with Crippen molar-refractivity contribution in [1.29, 1.82) is 0 Å². The van der Waals surface area contributed by atoms with Crippen LogP contribution in [0.5, 0.6) is 0 Å². The average molecular weight is 442 g/mol. The maximum atomic E-state index is 13.0. The molecule has 8 heteroatoms. The van der Waals surface area contributed by atoms with Gasteiger partial charge in [-0.15, -0.1) is 16.8 Å². The lowest BCUT2D eigenvalue weighted by Gasteiger charge is -2.28. The Kier molecular flexibility index (Phi) is 6.79. The summed E-state index contributed by atoms with van der Waals surface area (Å²) >= 11 is 1.35. The van der Waals surface area contributed by atoms with Crippen LogP contribution in [0, 0.1) is 25.7 Å². The monoisotopic (exact) mass is 441 g/mol. The summed E-state index contributed by atoms with van der Waals surface area (Å²) in [7, 11) is 3.10. The fourth-order valence-electron chi connectivity index (χ4n) is 3.68. The number of dihydropyridines is 1. The van der Waals surface area contributed by atoms with Gasteiger partial charge in [0.1, 0.15) is 6.21 Å². The Morgan fingerprint density at radius 1 is 1.29 bits per heavy atom. The number of thioether (sulfide) groups is 1. The van der Waals surface area contributed by atoms with Crippen molar-refractivity contribution in [1.82, 2.24) is 4.90 Å². The van der Waals surface area contributed by atoms with Gasteiger partial charge >= 0.3 is 11.9 Å². The van der Waals surface area contributed by atoms with Crippen molar-refractivity contribution < 1.29 is 19.0 Å². The second-order valence-electron chi connectivity index (χ2n) is 8.36. The normalized spacial score (nSPS) is 18.8. The van der Waals surface area contributed by atoms with Crippen molar-refractivity contribution in [2.45, 2.75) is 34.1 Å². The average Bonchev–Trinajstić information content (AvgIpc) is 2.72. The number of hydrogen-bond donors (Lipinski definition) is 1. The number of aryl methyl sites for hydroxylation is 1. The van der Waals surface area contributed by atoms with E-state index in [4.69, 9.17) is 0 Å². The summed E-state index contributed by atoms with van der Waals surface area (Å²) in [6, 6.07) is 5.40. The standard InChI is InChI=1S/C23H28N4O3S/c1-13(2)10-16-11-24-21-19(22(29)27(6)23(30)26(21)5)20(16)31-12-18(28)25-17-9-7-8-14(3)15(17)4/h7-9,11,13,19H,10,12H2,1-6H3/p+1. The van der Waals surface area contributed by atoms with Gasteiger partial charge in [0.05, 0.1) is 19.8 Å². The molecule has 0 radical (unpaired) electrons. The lowest BCUT2D eigenvalue weighted by molar-refractivity contribution is -0.407. The van der Waals surface area contributed by atoms with Gasteiger partial charge in [-0.25, -0.2) is 4.79 Å². The van der Waals surface area contributed by atoms with Gasteiger partial charge in [-0.3, -0.25) is 9.59 Å². The maximum absolute atomic E-state index is 13.0. The highest BCUT2D eigenvalue weighted by Crippen LogP contribution is 2.36. The maximum Gasteiger partial charge on any atom is 0.445 e. The number of hydrogen-bond acceptors (Lipinski definition) is 5. The molecule has 1 atom stereocenters. The van der Waals surface area contributed by atoms with Crippen LogP contribution in [0.3, 0.4) is 0 Å². The van der Waals surface area contributed by atoms with Crippen LogP contribution in [-0.4, -0.2) is 59.2 Å². The number of nitrogens with one attached hydrogen (secondary N) is 1. The van der Waals surface area contributed by atoms with Crippen molar-refractivity contribution in [3.05, 3.63) is 39.8 Å². The number of fused-ring (bicyclic) bond motifs is 1. The van der Waals surface area contributed by atoms with Crippen molar-refractivity contribution in [3.8, 4) is 0 Å². The van der Waals surface area contributed by atoms with Gasteiger partial charge in [-0.1, -0.05) is 26.0 Å². The number of amides is 4. The van der Waals surface area contributed by atoms with Crippen LogP contribution in [0.1, 0.15) is 31.4 Å². The molecule has 1 aromatic rings. The lowest BCUT2D eigenvalue weighted by atomic mass is 9.94. The zero-order valence-corrected chi connectivity index (χ0v) is 19.7. The molecular formula is C23H29N4O3S+. The number of amidine groups is 1. The Labute approximate surface area is 187 Å². The molecule has 2 aliphatic heterocycles. The fourth-order valence-corrected chi connectivity index (χ4v) is 4.74. The predicted octanol–water partition coefficient (Wildman–Crippen LogP) is 3.61. The summed E-state index contributed by atoms with van der Waals surface area (Å²) in [6.45, 7) is 8.17. The van der Waals surface area contributed by atoms with Crippen molar-refractivity contribution in [2.24, 2.45) is 16.8 Å². The van der Waals surface area contributed by atoms with Crippen LogP contribution in [0.2, 0.25) is 0 Å². The van der Waals surface area contributed by atoms with Crippen LogP contribution in [-0.2, 0) is 9.59 Å². The Morgan fingerprint density at radius 2 is 2.00 bits per heavy atom. The number of rotatable bonds is 6. The highest BCUT2D eigenvalue weighted by Gasteiger charge is 2.48. The first-order valence-electron chi connectivity index (χ1n) is 10.3. The van der Waals surface area contributed by atoms with E-state index in [0.717, 1.165) is 38.6 Å². The van der Waals surface area contributed by atoms with Gasteiger partial charge in [0.2, 0.25) is 5.91 Å². The van der Waals surface area contributed by atoms with Crippen molar-refractivity contribution in [3.63, 3.8) is 0 Å². The van der Waals surface area contributed by atoms with Crippen LogP contribution < -0.4 is 5.32 Å². The molecule has 0 aliphatic carbocycles. The van der Waals surface area contributed by atoms with Gasteiger partial charge in [0.25, 0.3) is 5.84 Å². The molecule has 0 bridgehead atoms. The first kappa shape index (κ1) is 22.9. The summed E-state index contributed by atoms with van der Waals surface area (Å²) in [6.07, 6.45) is 2.47. The van der Waals surface area contributed by atoms with E-state index in [1.54, 1.807) is 13.3 Å². The number of imide groups is 1. The highest BCUT2D eigenvalue weighted by atomic mass is 32.2. The van der Waals surface area contributed by atoms with E-state index in [0.29, 0.717) is 11.8 Å². The number of aliphatic imine (C=N–C) groups is 1. The third-order valence-corrected chi connectivity index (χ3v) is 6.77. The largest absolute Gasteiger partial charge is 0.445 e. The molecule has 0 fully saturated rings. The SMILES string of the molecule is Cc1cccc(NC(=O)CSC2=C(CC(C)C)C=NC3=[N+](C)C(=O)N(C)C(=O)C23)c1C. The minimum absolute atomic E-state index is 0.139. The van der Waals surface area contributed by atoms with Crippen LogP contribution >= 0.6 is 11.8 Å². The molecule has 0 spiro atoms. The molecular weight excluding hydrogens is 412 g/mol. The molecule has 0 saturated carbocycles. The molecule has 164 valence electrons. The molecule has 1 N–H and O–H groups in total. The first-order chi connectivity index (χ1) is 14.6. The highest BCUT2D eigenvalue weighted by molar-refractivity contribution is 8.03. The number of carbonyl (C=O) groups excluding carboxylic acids is 3. The van der Waals surface area contributed by atoms with Crippen LogP contribution in [0.4, 0.5) is 10.5 Å². The van der Waals surface area contributed by atoms with Gasteiger partial charge in [-0.2, -0.15) is 9.48 Å². The van der Waals surface area contributed by atoms with E-state index in [2.05, 4.69) is 24.2 Å². The topological polar surface area (TPSA) is 81.8 Å². The Hall–Kier alpha value is -2.74. The van der Waals surface area contributed by atoms with Crippen LogP contribution in [0.25, 0.3) is 0 Å². The number of benzene rings is 1. The molecule has 0 saturated heterocycles. The number of anilines is 1. The van der Waals surface area contributed by atoms with E-state index in [1.165, 1.54) is 23.4 Å². The first-order valence-corrected chi connectivity index (χ1v) is 11.3. The predicted molar refractivity (Wildman–Crippen MR) is 125 cm³/mol. The number of carbonyl (C=O) groups is 3. The molecule has 4 amide bonds. The number of urea groups is 1.